The van der Waals surface area contributed by atoms with E-state index in [1.807, 2.05) is 0 Å². The Morgan fingerprint density at radius 2 is 2.32 bits per heavy atom. The van der Waals surface area contributed by atoms with E-state index in [0.717, 1.165) is 0 Å². The third kappa shape index (κ3) is 2.91. The van der Waals surface area contributed by atoms with E-state index in [1.54, 1.807) is 19.1 Å². The lowest BCUT2D eigenvalue weighted by Crippen LogP contribution is -2.09. The SMILES string of the molecule is CCOC(=O)c1nn(-c2ccc(Cl)cn2)cc1CO. The summed E-state index contributed by atoms with van der Waals surface area (Å²) >= 11 is 5.75. The number of carbonyl (C=O) groups excluding carboxylic acids is 1. The quantitative estimate of drug-likeness (QED) is 0.861. The van der Waals surface area contributed by atoms with Gasteiger partial charge in [-0.3, -0.25) is 0 Å². The Morgan fingerprint density at radius 1 is 1.53 bits per heavy atom. The molecular formula is C12H12ClN3O3. The molecule has 0 saturated heterocycles. The Bertz CT molecular complexity index is 580. The number of nitrogens with zero attached hydrogens (tertiary/aromatic N) is 3. The zero-order valence-corrected chi connectivity index (χ0v) is 11.0. The Kier molecular flexibility index (Phi) is 4.13. The van der Waals surface area contributed by atoms with Crippen LogP contribution in [-0.4, -0.2) is 32.4 Å². The van der Waals surface area contributed by atoms with E-state index >= 15 is 0 Å². The van der Waals surface area contributed by atoms with Crippen molar-refractivity contribution in [1.82, 2.24) is 14.8 Å². The van der Waals surface area contributed by atoms with E-state index in [4.69, 9.17) is 16.3 Å². The van der Waals surface area contributed by atoms with Crippen LogP contribution in [0, 0.1) is 0 Å². The molecule has 0 bridgehead atoms. The molecule has 0 atom stereocenters. The van der Waals surface area contributed by atoms with Crippen LogP contribution >= 0.6 is 11.6 Å². The fourth-order valence-corrected chi connectivity index (χ4v) is 1.63. The summed E-state index contributed by atoms with van der Waals surface area (Å²) in [5.74, 6) is -0.0751. The first-order valence-corrected chi connectivity index (χ1v) is 6.02. The molecule has 2 aromatic rings. The average molecular weight is 282 g/mol. The Hall–Kier alpha value is -1.92. The number of aromatic nitrogens is 3. The molecule has 2 aromatic heterocycles. The Balaban J connectivity index is 2.38. The highest BCUT2D eigenvalue weighted by atomic mass is 35.5. The second kappa shape index (κ2) is 5.81. The van der Waals surface area contributed by atoms with E-state index in [-0.39, 0.29) is 18.9 Å². The van der Waals surface area contributed by atoms with Gasteiger partial charge in [0.1, 0.15) is 0 Å². The lowest BCUT2D eigenvalue weighted by atomic mass is 10.2. The van der Waals surface area contributed by atoms with E-state index in [2.05, 4.69) is 10.1 Å². The van der Waals surface area contributed by atoms with Gasteiger partial charge in [-0.2, -0.15) is 5.10 Å². The maximum Gasteiger partial charge on any atom is 0.359 e. The molecule has 6 nitrogen and oxygen atoms in total. The van der Waals surface area contributed by atoms with Crippen LogP contribution in [0.3, 0.4) is 0 Å². The minimum absolute atomic E-state index is 0.0844. The summed E-state index contributed by atoms with van der Waals surface area (Å²) in [7, 11) is 0. The van der Waals surface area contributed by atoms with Gasteiger partial charge in [0.05, 0.1) is 18.2 Å². The third-order valence-electron chi connectivity index (χ3n) is 2.38. The Morgan fingerprint density at radius 3 is 2.89 bits per heavy atom. The molecule has 0 aromatic carbocycles. The minimum atomic E-state index is -0.570. The third-order valence-corrected chi connectivity index (χ3v) is 2.60. The van der Waals surface area contributed by atoms with E-state index in [1.165, 1.54) is 17.1 Å². The second-order valence-corrected chi connectivity index (χ2v) is 4.10. The summed E-state index contributed by atoms with van der Waals surface area (Å²) in [6, 6.07) is 3.32. The first-order valence-electron chi connectivity index (χ1n) is 5.64. The van der Waals surface area contributed by atoms with Crippen LogP contribution in [-0.2, 0) is 11.3 Å². The van der Waals surface area contributed by atoms with Crippen molar-refractivity contribution < 1.29 is 14.6 Å². The highest BCUT2D eigenvalue weighted by molar-refractivity contribution is 6.30. The number of hydrogen-bond acceptors (Lipinski definition) is 5. The topological polar surface area (TPSA) is 77.2 Å². The number of carbonyl (C=O) groups is 1. The monoisotopic (exact) mass is 281 g/mol. The number of halogens is 1. The molecule has 7 heteroatoms. The van der Waals surface area contributed by atoms with Gasteiger partial charge in [-0.25, -0.2) is 14.5 Å². The molecule has 0 unspecified atom stereocenters. The van der Waals surface area contributed by atoms with Gasteiger partial charge in [0, 0.05) is 18.0 Å². The van der Waals surface area contributed by atoms with Crippen LogP contribution in [0.15, 0.2) is 24.5 Å². The molecule has 0 spiro atoms. The summed E-state index contributed by atoms with van der Waals surface area (Å²) in [5.41, 5.74) is 0.469. The number of pyridine rings is 1. The molecule has 0 aliphatic carbocycles. The van der Waals surface area contributed by atoms with Crippen LogP contribution in [0.4, 0.5) is 0 Å². The van der Waals surface area contributed by atoms with Crippen LogP contribution in [0.5, 0.6) is 0 Å². The van der Waals surface area contributed by atoms with Crippen molar-refractivity contribution in [2.75, 3.05) is 6.61 Å². The van der Waals surface area contributed by atoms with Crippen LogP contribution in [0.2, 0.25) is 5.02 Å². The number of rotatable bonds is 4. The second-order valence-electron chi connectivity index (χ2n) is 3.66. The first-order chi connectivity index (χ1) is 9.15. The smallest absolute Gasteiger partial charge is 0.359 e. The van der Waals surface area contributed by atoms with Gasteiger partial charge in [0.15, 0.2) is 11.5 Å². The van der Waals surface area contributed by atoms with Crippen molar-refractivity contribution in [2.24, 2.45) is 0 Å². The molecule has 0 aliphatic rings. The molecule has 0 saturated carbocycles. The first kappa shape index (κ1) is 13.5. The highest BCUT2D eigenvalue weighted by Gasteiger charge is 2.18. The van der Waals surface area contributed by atoms with Crippen LogP contribution < -0.4 is 0 Å². The van der Waals surface area contributed by atoms with Crippen molar-refractivity contribution >= 4 is 17.6 Å². The van der Waals surface area contributed by atoms with Gasteiger partial charge >= 0.3 is 5.97 Å². The van der Waals surface area contributed by atoms with E-state index in [9.17, 15) is 9.90 Å². The van der Waals surface area contributed by atoms with Crippen molar-refractivity contribution in [3.05, 3.63) is 40.8 Å². The number of aliphatic hydroxyl groups excluding tert-OH is 1. The van der Waals surface area contributed by atoms with E-state index in [0.29, 0.717) is 16.4 Å². The number of esters is 1. The fraction of sp³-hybridized carbons (Fsp3) is 0.250. The largest absolute Gasteiger partial charge is 0.461 e. The lowest BCUT2D eigenvalue weighted by molar-refractivity contribution is 0.0515. The van der Waals surface area contributed by atoms with Gasteiger partial charge in [-0.1, -0.05) is 11.6 Å². The maximum absolute atomic E-state index is 11.7. The fourth-order valence-electron chi connectivity index (χ4n) is 1.52. The molecule has 100 valence electrons. The zero-order chi connectivity index (χ0) is 13.8. The normalized spacial score (nSPS) is 10.5. The highest BCUT2D eigenvalue weighted by Crippen LogP contribution is 2.14. The molecule has 0 fully saturated rings. The molecule has 1 N–H and O–H groups in total. The summed E-state index contributed by atoms with van der Waals surface area (Å²) in [4.78, 5) is 15.7. The van der Waals surface area contributed by atoms with Gasteiger partial charge in [-0.15, -0.1) is 0 Å². The molecule has 2 heterocycles. The van der Waals surface area contributed by atoms with Crippen molar-refractivity contribution in [1.29, 1.82) is 0 Å². The van der Waals surface area contributed by atoms with Crippen molar-refractivity contribution in [3.8, 4) is 5.82 Å². The summed E-state index contributed by atoms with van der Waals surface area (Å²) < 4.78 is 6.27. The molecule has 0 aliphatic heterocycles. The average Bonchev–Trinajstić information content (AvgIpc) is 2.84. The van der Waals surface area contributed by atoms with Gasteiger partial charge in [0.2, 0.25) is 0 Å². The van der Waals surface area contributed by atoms with Crippen LogP contribution in [0.25, 0.3) is 5.82 Å². The molecule has 0 radical (unpaired) electrons. The minimum Gasteiger partial charge on any atom is -0.461 e. The molecule has 0 amide bonds. The van der Waals surface area contributed by atoms with Gasteiger partial charge in [-0.05, 0) is 19.1 Å². The summed E-state index contributed by atoms with van der Waals surface area (Å²) in [6.45, 7) is 1.64. The van der Waals surface area contributed by atoms with E-state index < -0.39 is 5.97 Å². The number of aliphatic hydroxyl groups is 1. The lowest BCUT2D eigenvalue weighted by Gasteiger charge is -2.00. The van der Waals surface area contributed by atoms with Crippen LogP contribution in [0.1, 0.15) is 23.0 Å². The standard InChI is InChI=1S/C12H12ClN3O3/c1-2-19-12(18)11-8(7-17)6-16(15-11)10-4-3-9(13)5-14-10/h3-6,17H,2,7H2,1H3. The maximum atomic E-state index is 11.7. The van der Waals surface area contributed by atoms with Crippen molar-refractivity contribution in [2.45, 2.75) is 13.5 Å². The Labute approximate surface area is 114 Å². The summed E-state index contributed by atoms with van der Waals surface area (Å²) in [5, 5.41) is 13.8. The van der Waals surface area contributed by atoms with Gasteiger partial charge < -0.3 is 9.84 Å². The van der Waals surface area contributed by atoms with Gasteiger partial charge in [0.25, 0.3) is 0 Å². The molecule has 19 heavy (non-hydrogen) atoms. The van der Waals surface area contributed by atoms with Crippen molar-refractivity contribution in [3.63, 3.8) is 0 Å². The number of ether oxygens (including phenoxy) is 1. The predicted molar refractivity (Wildman–Crippen MR) is 68.2 cm³/mol. The zero-order valence-electron chi connectivity index (χ0n) is 10.2. The predicted octanol–water partition coefficient (Wildman–Crippen LogP) is 1.59. The molecule has 2 rings (SSSR count). The molecular weight excluding hydrogens is 270 g/mol. The summed E-state index contributed by atoms with van der Waals surface area (Å²) in [6.07, 6.45) is 3.00. The number of hydrogen-bond donors (Lipinski definition) is 1.